The summed E-state index contributed by atoms with van der Waals surface area (Å²) in [6.45, 7) is 8.12. The topological polar surface area (TPSA) is 125 Å². The van der Waals surface area contributed by atoms with Crippen molar-refractivity contribution >= 4 is 27.9 Å². The minimum absolute atomic E-state index is 0.00958. The second-order valence-corrected chi connectivity index (χ2v) is 12.2. The second kappa shape index (κ2) is 11.8. The van der Waals surface area contributed by atoms with Crippen LogP contribution in [0.25, 0.3) is 21.9 Å². The lowest BCUT2D eigenvalue weighted by Gasteiger charge is -2.30. The van der Waals surface area contributed by atoms with E-state index in [0.29, 0.717) is 64.9 Å². The monoisotopic (exact) mass is 610 g/mol. The number of fused-ring (bicyclic) bond motifs is 4. The van der Waals surface area contributed by atoms with Crippen molar-refractivity contribution in [3.8, 4) is 17.2 Å². The average Bonchev–Trinajstić information content (AvgIpc) is 3.33. The summed E-state index contributed by atoms with van der Waals surface area (Å²) in [7, 11) is 0. The molecule has 45 heavy (non-hydrogen) atoms. The Bertz CT molecular complexity index is 2020. The molecular formula is C36H34O9. The molecule has 9 nitrogen and oxygen atoms in total. The van der Waals surface area contributed by atoms with Gasteiger partial charge in [-0.05, 0) is 69.4 Å². The Morgan fingerprint density at radius 3 is 2.49 bits per heavy atom. The number of phenolic OH excluding ortho intramolecular Hbond substituents is 1. The summed E-state index contributed by atoms with van der Waals surface area (Å²) in [5.41, 5.74) is 1.66. The molecule has 5 aromatic rings. The van der Waals surface area contributed by atoms with Crippen molar-refractivity contribution in [1.82, 2.24) is 0 Å². The van der Waals surface area contributed by atoms with Crippen molar-refractivity contribution in [2.45, 2.75) is 58.7 Å². The molecule has 2 unspecified atom stereocenters. The molecule has 4 heterocycles. The van der Waals surface area contributed by atoms with Crippen LogP contribution in [0.1, 0.15) is 54.4 Å². The van der Waals surface area contributed by atoms with Gasteiger partial charge in [0.25, 0.3) is 0 Å². The van der Waals surface area contributed by atoms with Crippen LogP contribution < -0.4 is 20.5 Å². The van der Waals surface area contributed by atoms with Crippen molar-refractivity contribution in [1.29, 1.82) is 0 Å². The number of aromatic hydroxyl groups is 1. The highest BCUT2D eigenvalue weighted by atomic mass is 16.6. The van der Waals surface area contributed by atoms with E-state index in [1.807, 2.05) is 26.0 Å². The number of phenols is 1. The van der Waals surface area contributed by atoms with Gasteiger partial charge in [0.2, 0.25) is 0 Å². The van der Waals surface area contributed by atoms with Crippen LogP contribution >= 0.6 is 0 Å². The molecule has 2 aromatic heterocycles. The van der Waals surface area contributed by atoms with Gasteiger partial charge in [-0.15, -0.1) is 0 Å². The smallest absolute Gasteiger partial charge is 0.338 e. The van der Waals surface area contributed by atoms with Crippen LogP contribution in [0.3, 0.4) is 0 Å². The van der Waals surface area contributed by atoms with Gasteiger partial charge in [-0.25, -0.2) is 9.59 Å². The Morgan fingerprint density at radius 1 is 0.956 bits per heavy atom. The molecule has 2 atom stereocenters. The van der Waals surface area contributed by atoms with E-state index in [0.717, 1.165) is 17.4 Å². The van der Waals surface area contributed by atoms with Gasteiger partial charge in [0.1, 0.15) is 51.3 Å². The quantitative estimate of drug-likeness (QED) is 0.180. The molecule has 0 saturated carbocycles. The van der Waals surface area contributed by atoms with E-state index in [-0.39, 0.29) is 28.6 Å². The SMILES string of the molecule is CC(C)(OC(=O)c1ccccc1)C1Cc2cc3ccc(=O)oc3cc2O1.Cc1cc(=O)c2c(O)c3c(cc2o1)OCC(C)CC3. The zero-order valence-electron chi connectivity index (χ0n) is 25.5. The van der Waals surface area contributed by atoms with Crippen LogP contribution in [0.15, 0.2) is 85.2 Å². The molecule has 0 amide bonds. The Morgan fingerprint density at radius 2 is 1.71 bits per heavy atom. The van der Waals surface area contributed by atoms with Gasteiger partial charge in [-0.2, -0.15) is 0 Å². The first kappa shape index (κ1) is 30.0. The molecule has 0 aliphatic carbocycles. The Labute approximate surface area is 259 Å². The Kier molecular flexibility index (Phi) is 7.87. The first-order chi connectivity index (χ1) is 21.5. The third kappa shape index (κ3) is 6.16. The molecule has 0 fully saturated rings. The first-order valence-corrected chi connectivity index (χ1v) is 14.9. The van der Waals surface area contributed by atoms with Gasteiger partial charge in [0.05, 0.1) is 12.2 Å². The maximum atomic E-state index is 12.4. The number of aryl methyl sites for hydroxylation is 1. The zero-order chi connectivity index (χ0) is 31.9. The lowest BCUT2D eigenvalue weighted by Crippen LogP contribution is -2.43. The number of benzene rings is 3. The number of rotatable bonds is 3. The van der Waals surface area contributed by atoms with Gasteiger partial charge in [-0.1, -0.05) is 25.1 Å². The van der Waals surface area contributed by atoms with Crippen molar-refractivity contribution in [2.24, 2.45) is 5.92 Å². The van der Waals surface area contributed by atoms with Crippen molar-refractivity contribution in [3.05, 3.63) is 110 Å². The molecule has 1 N–H and O–H groups in total. The van der Waals surface area contributed by atoms with Gasteiger partial charge in [0.15, 0.2) is 5.43 Å². The van der Waals surface area contributed by atoms with Crippen LogP contribution in [0, 0.1) is 12.8 Å². The van der Waals surface area contributed by atoms with Crippen molar-refractivity contribution in [3.63, 3.8) is 0 Å². The Hall–Kier alpha value is -5.05. The van der Waals surface area contributed by atoms with Gasteiger partial charge < -0.3 is 28.2 Å². The van der Waals surface area contributed by atoms with Crippen LogP contribution in [0.2, 0.25) is 0 Å². The number of esters is 1. The second-order valence-electron chi connectivity index (χ2n) is 12.2. The fourth-order valence-corrected chi connectivity index (χ4v) is 5.65. The van der Waals surface area contributed by atoms with E-state index in [1.165, 1.54) is 12.1 Å². The lowest BCUT2D eigenvalue weighted by molar-refractivity contribution is -0.0517. The molecule has 2 aliphatic rings. The maximum Gasteiger partial charge on any atom is 0.338 e. The molecule has 2 aliphatic heterocycles. The van der Waals surface area contributed by atoms with Crippen LogP contribution in [-0.4, -0.2) is 29.4 Å². The molecule has 0 spiro atoms. The lowest BCUT2D eigenvalue weighted by atomic mass is 9.96. The minimum Gasteiger partial charge on any atom is -0.507 e. The number of hydrogen-bond donors (Lipinski definition) is 1. The number of ether oxygens (including phenoxy) is 3. The van der Waals surface area contributed by atoms with E-state index < -0.39 is 11.2 Å². The highest BCUT2D eigenvalue weighted by molar-refractivity contribution is 5.89. The third-order valence-electron chi connectivity index (χ3n) is 8.21. The maximum absolute atomic E-state index is 12.4. The molecule has 9 heteroatoms. The van der Waals surface area contributed by atoms with Crippen LogP contribution in [0.4, 0.5) is 0 Å². The number of carbonyl (C=O) groups is 1. The van der Waals surface area contributed by atoms with E-state index >= 15 is 0 Å². The third-order valence-corrected chi connectivity index (χ3v) is 8.21. The summed E-state index contributed by atoms with van der Waals surface area (Å²) in [6, 6.07) is 18.8. The molecule has 0 radical (unpaired) electrons. The molecule has 232 valence electrons. The fraction of sp³-hybridized carbons (Fsp3) is 0.306. The fourth-order valence-electron chi connectivity index (χ4n) is 5.65. The van der Waals surface area contributed by atoms with E-state index in [9.17, 15) is 19.5 Å². The Balaban J connectivity index is 0.000000167. The van der Waals surface area contributed by atoms with E-state index in [2.05, 4.69) is 6.92 Å². The van der Waals surface area contributed by atoms with Crippen molar-refractivity contribution < 1.29 is 32.9 Å². The predicted octanol–water partition coefficient (Wildman–Crippen LogP) is 6.50. The molecule has 7 rings (SSSR count). The van der Waals surface area contributed by atoms with Crippen LogP contribution in [0.5, 0.6) is 17.2 Å². The van der Waals surface area contributed by atoms with E-state index in [1.54, 1.807) is 49.4 Å². The highest BCUT2D eigenvalue weighted by Gasteiger charge is 2.40. The molecule has 3 aromatic carbocycles. The van der Waals surface area contributed by atoms with Gasteiger partial charge >= 0.3 is 11.6 Å². The number of carbonyl (C=O) groups excluding carboxylic acids is 1. The standard InChI is InChI=1S/C21H18O5.C15H16O4/c1-21(2,26-20(23)13-6-4-3-5-7-13)18-11-15-10-14-8-9-19(22)25-16(14)12-17(15)24-18;1-8-3-4-10-12(18-7-8)6-13-14(15(10)17)11(16)5-9(2)19-13/h3-10,12,18H,11H2,1-2H3;5-6,8,17H,3-4,7H2,1-2H3. The largest absolute Gasteiger partial charge is 0.507 e. The van der Waals surface area contributed by atoms with Crippen LogP contribution in [-0.2, 0) is 17.6 Å². The summed E-state index contributed by atoms with van der Waals surface area (Å²) in [5.74, 6) is 1.87. The molecule has 0 bridgehead atoms. The number of hydrogen-bond acceptors (Lipinski definition) is 9. The van der Waals surface area contributed by atoms with Gasteiger partial charge in [0, 0.05) is 41.6 Å². The summed E-state index contributed by atoms with van der Waals surface area (Å²) in [6.07, 6.45) is 1.93. The summed E-state index contributed by atoms with van der Waals surface area (Å²) < 4.78 is 28.2. The summed E-state index contributed by atoms with van der Waals surface area (Å²) >= 11 is 0. The predicted molar refractivity (Wildman–Crippen MR) is 168 cm³/mol. The molecular weight excluding hydrogens is 576 g/mol. The highest BCUT2D eigenvalue weighted by Crippen LogP contribution is 2.39. The zero-order valence-corrected chi connectivity index (χ0v) is 25.5. The minimum atomic E-state index is -0.820. The molecule has 0 saturated heterocycles. The average molecular weight is 611 g/mol. The van der Waals surface area contributed by atoms with E-state index in [4.69, 9.17) is 23.0 Å². The first-order valence-electron chi connectivity index (χ1n) is 14.9. The normalized spacial score (nSPS) is 17.2. The summed E-state index contributed by atoms with van der Waals surface area (Å²) in [5, 5.41) is 11.4. The van der Waals surface area contributed by atoms with Gasteiger partial charge in [-0.3, -0.25) is 4.79 Å². The summed E-state index contributed by atoms with van der Waals surface area (Å²) in [4.78, 5) is 35.8. The van der Waals surface area contributed by atoms with Crippen molar-refractivity contribution in [2.75, 3.05) is 6.61 Å².